The van der Waals surface area contributed by atoms with Gasteiger partial charge < -0.3 is 9.64 Å². The van der Waals surface area contributed by atoms with E-state index in [1.54, 1.807) is 12.1 Å². The number of quaternary nitrogens is 1. The molecule has 1 aromatic rings. The van der Waals surface area contributed by atoms with Crippen molar-refractivity contribution in [2.24, 2.45) is 5.92 Å². The lowest BCUT2D eigenvalue weighted by molar-refractivity contribution is -0.897. The Hall–Kier alpha value is -1.49. The molecule has 0 radical (unpaired) electrons. The van der Waals surface area contributed by atoms with E-state index in [4.69, 9.17) is 0 Å². The topological polar surface area (TPSA) is 30.7 Å². The van der Waals surface area contributed by atoms with Gasteiger partial charge in [0.25, 0.3) is 0 Å². The fourth-order valence-electron chi connectivity index (χ4n) is 2.50. The number of rotatable bonds is 5. The number of carbonyl (C=O) groups excluding carboxylic acids is 1. The Kier molecular flexibility index (Phi) is 5.06. The lowest BCUT2D eigenvalue weighted by atomic mass is 9.99. The number of carbonyl (C=O) groups is 1. The Labute approximate surface area is 117 Å². The van der Waals surface area contributed by atoms with Gasteiger partial charge in [0.05, 0.1) is 13.1 Å². The molecule has 5 heteroatoms. The molecule has 0 saturated carbocycles. The molecule has 1 heterocycles. The van der Waals surface area contributed by atoms with Gasteiger partial charge in [-0.3, -0.25) is 4.79 Å². The van der Waals surface area contributed by atoms with Crippen LogP contribution in [0.25, 0.3) is 0 Å². The van der Waals surface area contributed by atoms with Crippen molar-refractivity contribution in [3.8, 4) is 5.75 Å². The summed E-state index contributed by atoms with van der Waals surface area (Å²) in [6, 6.07) is 5.91. The molecule has 1 saturated heterocycles. The zero-order chi connectivity index (χ0) is 14.5. The SMILES string of the molecule is CC1CC[NH+](CC(=O)c2ccc(OC(F)F)cc2)CC1. The molecule has 1 aromatic carbocycles. The molecule has 1 N–H and O–H groups in total. The van der Waals surface area contributed by atoms with Crippen molar-refractivity contribution < 1.29 is 23.2 Å². The van der Waals surface area contributed by atoms with Gasteiger partial charge in [-0.05, 0) is 43.0 Å². The van der Waals surface area contributed by atoms with Crippen LogP contribution in [0.3, 0.4) is 0 Å². The molecule has 1 aliphatic rings. The van der Waals surface area contributed by atoms with Crippen LogP contribution >= 0.6 is 0 Å². The molecule has 110 valence electrons. The molecule has 20 heavy (non-hydrogen) atoms. The van der Waals surface area contributed by atoms with Gasteiger partial charge in [-0.2, -0.15) is 8.78 Å². The largest absolute Gasteiger partial charge is 0.435 e. The quantitative estimate of drug-likeness (QED) is 0.836. The molecule has 0 aliphatic carbocycles. The predicted octanol–water partition coefficient (Wildman–Crippen LogP) is 1.79. The minimum Gasteiger partial charge on any atom is -0.435 e. The Bertz CT molecular complexity index is 440. The minimum atomic E-state index is -2.84. The molecular weight excluding hydrogens is 264 g/mol. The Morgan fingerprint density at radius 3 is 2.45 bits per heavy atom. The number of halogens is 2. The van der Waals surface area contributed by atoms with E-state index in [-0.39, 0.29) is 11.5 Å². The highest BCUT2D eigenvalue weighted by Gasteiger charge is 2.21. The average Bonchev–Trinajstić information content (AvgIpc) is 2.41. The minimum absolute atomic E-state index is 0.0538. The van der Waals surface area contributed by atoms with Crippen LogP contribution in [0.1, 0.15) is 30.1 Å². The molecule has 1 fully saturated rings. The van der Waals surface area contributed by atoms with E-state index >= 15 is 0 Å². The van der Waals surface area contributed by atoms with Gasteiger partial charge >= 0.3 is 6.61 Å². The van der Waals surface area contributed by atoms with Gasteiger partial charge in [-0.1, -0.05) is 6.92 Å². The summed E-state index contributed by atoms with van der Waals surface area (Å²) >= 11 is 0. The zero-order valence-electron chi connectivity index (χ0n) is 11.6. The summed E-state index contributed by atoms with van der Waals surface area (Å²) in [5.74, 6) is 0.883. The molecule has 2 rings (SSSR count). The number of benzene rings is 1. The number of alkyl halides is 2. The van der Waals surface area contributed by atoms with Crippen LogP contribution in [0.5, 0.6) is 5.75 Å². The van der Waals surface area contributed by atoms with Crippen molar-refractivity contribution in [1.29, 1.82) is 0 Å². The van der Waals surface area contributed by atoms with Crippen LogP contribution < -0.4 is 9.64 Å². The number of likely N-dealkylation sites (tertiary alicyclic amines) is 1. The first-order chi connectivity index (χ1) is 9.54. The monoisotopic (exact) mass is 284 g/mol. The summed E-state index contributed by atoms with van der Waals surface area (Å²) in [5, 5.41) is 0. The van der Waals surface area contributed by atoms with Crippen molar-refractivity contribution in [3.63, 3.8) is 0 Å². The maximum absolute atomic E-state index is 12.1. The van der Waals surface area contributed by atoms with Gasteiger partial charge in [0.1, 0.15) is 12.3 Å². The van der Waals surface area contributed by atoms with E-state index < -0.39 is 6.61 Å². The van der Waals surface area contributed by atoms with E-state index in [1.807, 2.05) is 0 Å². The summed E-state index contributed by atoms with van der Waals surface area (Å²) < 4.78 is 28.3. The van der Waals surface area contributed by atoms with Gasteiger partial charge in [-0.25, -0.2) is 0 Å². The third-order valence-corrected chi connectivity index (χ3v) is 3.79. The van der Waals surface area contributed by atoms with Crippen molar-refractivity contribution in [3.05, 3.63) is 29.8 Å². The second-order valence-corrected chi connectivity index (χ2v) is 5.44. The summed E-state index contributed by atoms with van der Waals surface area (Å²) in [7, 11) is 0. The van der Waals surface area contributed by atoms with E-state index in [0.29, 0.717) is 12.1 Å². The summed E-state index contributed by atoms with van der Waals surface area (Å²) in [6.45, 7) is 1.93. The number of piperidine rings is 1. The van der Waals surface area contributed by atoms with Crippen LogP contribution in [0.4, 0.5) is 8.78 Å². The lowest BCUT2D eigenvalue weighted by Gasteiger charge is -2.26. The molecule has 0 unspecified atom stereocenters. The highest BCUT2D eigenvalue weighted by Crippen LogP contribution is 2.15. The fourth-order valence-corrected chi connectivity index (χ4v) is 2.50. The van der Waals surface area contributed by atoms with Crippen molar-refractivity contribution >= 4 is 5.78 Å². The second kappa shape index (κ2) is 6.79. The summed E-state index contributed by atoms with van der Waals surface area (Å²) in [4.78, 5) is 13.4. The summed E-state index contributed by atoms with van der Waals surface area (Å²) in [5.41, 5.74) is 0.553. The second-order valence-electron chi connectivity index (χ2n) is 5.44. The van der Waals surface area contributed by atoms with Gasteiger partial charge in [-0.15, -0.1) is 0 Å². The van der Waals surface area contributed by atoms with E-state index in [0.717, 1.165) is 31.8 Å². The maximum Gasteiger partial charge on any atom is 0.387 e. The number of nitrogens with one attached hydrogen (secondary N) is 1. The molecule has 3 nitrogen and oxygen atoms in total. The fraction of sp³-hybridized carbons (Fsp3) is 0.533. The number of ketones is 1. The van der Waals surface area contributed by atoms with Crippen molar-refractivity contribution in [2.75, 3.05) is 19.6 Å². The first kappa shape index (κ1) is 14.9. The predicted molar refractivity (Wildman–Crippen MR) is 71.4 cm³/mol. The molecule has 1 aliphatic heterocycles. The highest BCUT2D eigenvalue weighted by molar-refractivity contribution is 5.96. The van der Waals surface area contributed by atoms with Crippen LogP contribution in [-0.2, 0) is 0 Å². The lowest BCUT2D eigenvalue weighted by Crippen LogP contribution is -3.13. The standard InChI is InChI=1S/C15H19F2NO2/c1-11-6-8-18(9-7-11)10-14(19)12-2-4-13(5-3-12)20-15(16)17/h2-5,11,15H,6-10H2,1H3/p+1. The zero-order valence-corrected chi connectivity index (χ0v) is 11.6. The third-order valence-electron chi connectivity index (χ3n) is 3.79. The molecule has 0 atom stereocenters. The number of hydrogen-bond acceptors (Lipinski definition) is 2. The molecule has 0 aromatic heterocycles. The van der Waals surface area contributed by atoms with Crippen molar-refractivity contribution in [1.82, 2.24) is 0 Å². The number of Topliss-reactive ketones (excluding diaryl/α,β-unsaturated/α-hetero) is 1. The maximum atomic E-state index is 12.1. The van der Waals surface area contributed by atoms with Gasteiger partial charge in [0.2, 0.25) is 5.78 Å². The third kappa shape index (κ3) is 4.27. The first-order valence-corrected chi connectivity index (χ1v) is 6.96. The van der Waals surface area contributed by atoms with Crippen LogP contribution in [0, 0.1) is 5.92 Å². The normalized spacial score (nSPS) is 22.8. The van der Waals surface area contributed by atoms with Gasteiger partial charge in [0, 0.05) is 5.56 Å². The molecule has 0 bridgehead atoms. The van der Waals surface area contributed by atoms with Crippen LogP contribution in [0.2, 0.25) is 0 Å². The Morgan fingerprint density at radius 1 is 1.30 bits per heavy atom. The van der Waals surface area contributed by atoms with Crippen LogP contribution in [0.15, 0.2) is 24.3 Å². The molecule has 0 spiro atoms. The van der Waals surface area contributed by atoms with E-state index in [2.05, 4.69) is 11.7 Å². The smallest absolute Gasteiger partial charge is 0.387 e. The van der Waals surface area contributed by atoms with Crippen LogP contribution in [-0.4, -0.2) is 32.0 Å². The van der Waals surface area contributed by atoms with Crippen molar-refractivity contribution in [2.45, 2.75) is 26.4 Å². The average molecular weight is 284 g/mol. The number of hydrogen-bond donors (Lipinski definition) is 1. The van der Waals surface area contributed by atoms with E-state index in [9.17, 15) is 13.6 Å². The first-order valence-electron chi connectivity index (χ1n) is 6.96. The molecular formula is C15H20F2NO2+. The van der Waals surface area contributed by atoms with E-state index in [1.165, 1.54) is 17.0 Å². The number of ether oxygens (including phenoxy) is 1. The summed E-state index contributed by atoms with van der Waals surface area (Å²) in [6.07, 6.45) is 2.31. The van der Waals surface area contributed by atoms with Gasteiger partial charge in [0.15, 0.2) is 0 Å². The molecule has 0 amide bonds. The Morgan fingerprint density at radius 2 is 1.90 bits per heavy atom. The Balaban J connectivity index is 1.89. The highest BCUT2D eigenvalue weighted by atomic mass is 19.3.